The standard InChI is InChI=1S/C17H24BrNO4/c1-5-12-9-13(18)8-11(2)14(12)10-15(21)19-17(3,6-7-20)16(22)23-4/h8-9,20H,5-7,10H2,1-4H3,(H,19,21). The van der Waals surface area contributed by atoms with E-state index in [4.69, 9.17) is 9.84 Å². The largest absolute Gasteiger partial charge is 0.467 e. The molecule has 1 unspecified atom stereocenters. The quantitative estimate of drug-likeness (QED) is 0.706. The van der Waals surface area contributed by atoms with E-state index in [1.54, 1.807) is 6.92 Å². The molecule has 23 heavy (non-hydrogen) atoms. The molecule has 2 N–H and O–H groups in total. The number of methoxy groups -OCH3 is 1. The molecule has 0 heterocycles. The Labute approximate surface area is 145 Å². The van der Waals surface area contributed by atoms with Gasteiger partial charge in [-0.3, -0.25) is 4.79 Å². The van der Waals surface area contributed by atoms with Gasteiger partial charge in [0.15, 0.2) is 0 Å². The minimum absolute atomic E-state index is 0.103. The van der Waals surface area contributed by atoms with E-state index in [1.807, 2.05) is 26.0 Å². The Kier molecular flexibility index (Phi) is 7.22. The number of aliphatic hydroxyl groups excluding tert-OH is 1. The molecular weight excluding hydrogens is 362 g/mol. The van der Waals surface area contributed by atoms with Crippen molar-refractivity contribution in [3.63, 3.8) is 0 Å². The Hall–Kier alpha value is -1.40. The highest BCUT2D eigenvalue weighted by atomic mass is 79.9. The molecule has 128 valence electrons. The number of hydrogen-bond donors (Lipinski definition) is 2. The van der Waals surface area contributed by atoms with Gasteiger partial charge in [-0.25, -0.2) is 4.79 Å². The maximum Gasteiger partial charge on any atom is 0.331 e. The van der Waals surface area contributed by atoms with Gasteiger partial charge in [-0.15, -0.1) is 0 Å². The molecule has 1 atom stereocenters. The van der Waals surface area contributed by atoms with Gasteiger partial charge in [-0.05, 0) is 49.1 Å². The zero-order chi connectivity index (χ0) is 17.6. The number of halogens is 1. The second-order valence-corrected chi connectivity index (χ2v) is 6.65. The van der Waals surface area contributed by atoms with Crippen molar-refractivity contribution in [2.45, 2.75) is 45.6 Å². The first-order valence-corrected chi connectivity index (χ1v) is 8.34. The fourth-order valence-electron chi connectivity index (χ4n) is 2.59. The lowest BCUT2D eigenvalue weighted by atomic mass is 9.95. The summed E-state index contributed by atoms with van der Waals surface area (Å²) in [6.07, 6.45) is 1.10. The van der Waals surface area contributed by atoms with Gasteiger partial charge in [0.05, 0.1) is 13.5 Å². The van der Waals surface area contributed by atoms with Gasteiger partial charge < -0.3 is 15.2 Å². The molecule has 1 rings (SSSR count). The molecule has 0 saturated heterocycles. The van der Waals surface area contributed by atoms with E-state index >= 15 is 0 Å². The van der Waals surface area contributed by atoms with Crippen molar-refractivity contribution in [3.8, 4) is 0 Å². The second-order valence-electron chi connectivity index (χ2n) is 5.74. The SMILES string of the molecule is CCc1cc(Br)cc(C)c1CC(=O)NC(C)(CCO)C(=O)OC. The van der Waals surface area contributed by atoms with Gasteiger partial charge in [0.25, 0.3) is 0 Å². The van der Waals surface area contributed by atoms with Crippen LogP contribution in [0.15, 0.2) is 16.6 Å². The molecule has 1 aromatic carbocycles. The summed E-state index contributed by atoms with van der Waals surface area (Å²) in [5.74, 6) is -0.838. The number of carbonyl (C=O) groups excluding carboxylic acids is 2. The molecule has 0 spiro atoms. The molecular formula is C17H24BrNO4. The first-order chi connectivity index (χ1) is 10.8. The number of rotatable bonds is 7. The topological polar surface area (TPSA) is 75.6 Å². The third kappa shape index (κ3) is 5.04. The molecule has 0 aromatic heterocycles. The van der Waals surface area contributed by atoms with Gasteiger partial charge in [0.1, 0.15) is 5.54 Å². The monoisotopic (exact) mass is 385 g/mol. The van der Waals surface area contributed by atoms with Gasteiger partial charge in [0, 0.05) is 17.5 Å². The van der Waals surface area contributed by atoms with E-state index in [-0.39, 0.29) is 25.4 Å². The van der Waals surface area contributed by atoms with E-state index in [1.165, 1.54) is 7.11 Å². The lowest BCUT2D eigenvalue weighted by Gasteiger charge is -2.27. The number of esters is 1. The average Bonchev–Trinajstić information content (AvgIpc) is 2.48. The second kappa shape index (κ2) is 8.45. The van der Waals surface area contributed by atoms with Crippen LogP contribution in [-0.2, 0) is 27.2 Å². The number of aryl methyl sites for hydroxylation is 2. The normalized spacial score (nSPS) is 13.3. The fourth-order valence-corrected chi connectivity index (χ4v) is 3.21. The molecule has 5 nitrogen and oxygen atoms in total. The summed E-state index contributed by atoms with van der Waals surface area (Å²) >= 11 is 3.46. The van der Waals surface area contributed by atoms with Crippen molar-refractivity contribution in [3.05, 3.63) is 33.3 Å². The smallest absolute Gasteiger partial charge is 0.331 e. The molecule has 0 saturated carbocycles. The summed E-state index contributed by atoms with van der Waals surface area (Å²) in [7, 11) is 1.26. The van der Waals surface area contributed by atoms with Gasteiger partial charge in [-0.2, -0.15) is 0 Å². The molecule has 1 amide bonds. The van der Waals surface area contributed by atoms with Crippen LogP contribution >= 0.6 is 15.9 Å². The minimum Gasteiger partial charge on any atom is -0.467 e. The maximum absolute atomic E-state index is 12.4. The number of nitrogens with one attached hydrogen (secondary N) is 1. The predicted molar refractivity (Wildman–Crippen MR) is 92.2 cm³/mol. The Morgan fingerprint density at radius 3 is 2.57 bits per heavy atom. The van der Waals surface area contributed by atoms with Crippen LogP contribution in [0.1, 0.15) is 37.0 Å². The van der Waals surface area contributed by atoms with Crippen LogP contribution in [0.4, 0.5) is 0 Å². The van der Waals surface area contributed by atoms with E-state index in [9.17, 15) is 9.59 Å². The van der Waals surface area contributed by atoms with E-state index in [2.05, 4.69) is 21.2 Å². The van der Waals surface area contributed by atoms with Crippen LogP contribution in [0, 0.1) is 6.92 Å². The van der Waals surface area contributed by atoms with Crippen LogP contribution in [0.5, 0.6) is 0 Å². The lowest BCUT2D eigenvalue weighted by molar-refractivity contribution is -0.150. The zero-order valence-corrected chi connectivity index (χ0v) is 15.6. The highest BCUT2D eigenvalue weighted by Crippen LogP contribution is 2.23. The summed E-state index contributed by atoms with van der Waals surface area (Å²) in [4.78, 5) is 24.3. The van der Waals surface area contributed by atoms with Crippen molar-refractivity contribution < 1.29 is 19.4 Å². The first-order valence-electron chi connectivity index (χ1n) is 7.55. The molecule has 1 aromatic rings. The molecule has 0 radical (unpaired) electrons. The summed E-state index contributed by atoms with van der Waals surface area (Å²) in [5.41, 5.74) is 1.85. The lowest BCUT2D eigenvalue weighted by Crippen LogP contribution is -2.53. The van der Waals surface area contributed by atoms with Crippen LogP contribution in [0.2, 0.25) is 0 Å². The first kappa shape index (κ1) is 19.6. The van der Waals surface area contributed by atoms with E-state index in [0.29, 0.717) is 0 Å². The maximum atomic E-state index is 12.4. The third-order valence-corrected chi connectivity index (χ3v) is 4.37. The Bertz CT molecular complexity index is 588. The number of carbonyl (C=O) groups is 2. The Balaban J connectivity index is 2.98. The van der Waals surface area contributed by atoms with Crippen LogP contribution in [-0.4, -0.2) is 36.2 Å². The zero-order valence-electron chi connectivity index (χ0n) is 14.0. The summed E-state index contributed by atoms with van der Waals surface area (Å²) in [6, 6.07) is 3.97. The van der Waals surface area contributed by atoms with Gasteiger partial charge in [0.2, 0.25) is 5.91 Å². The Morgan fingerprint density at radius 2 is 2.04 bits per heavy atom. The summed E-state index contributed by atoms with van der Waals surface area (Å²) in [6.45, 7) is 5.33. The van der Waals surface area contributed by atoms with Crippen molar-refractivity contribution in [2.24, 2.45) is 0 Å². The van der Waals surface area contributed by atoms with Crippen LogP contribution in [0.3, 0.4) is 0 Å². The number of benzene rings is 1. The number of aliphatic hydroxyl groups is 1. The summed E-state index contributed by atoms with van der Waals surface area (Å²) < 4.78 is 5.71. The third-order valence-electron chi connectivity index (χ3n) is 3.91. The van der Waals surface area contributed by atoms with Crippen molar-refractivity contribution in [1.29, 1.82) is 0 Å². The van der Waals surface area contributed by atoms with Crippen LogP contribution in [0.25, 0.3) is 0 Å². The average molecular weight is 386 g/mol. The molecule has 0 aliphatic heterocycles. The van der Waals surface area contributed by atoms with Crippen molar-refractivity contribution >= 4 is 27.8 Å². The van der Waals surface area contributed by atoms with Crippen molar-refractivity contribution in [2.75, 3.05) is 13.7 Å². The van der Waals surface area contributed by atoms with E-state index in [0.717, 1.165) is 27.6 Å². The predicted octanol–water partition coefficient (Wildman–Crippen LogP) is 2.29. The van der Waals surface area contributed by atoms with Gasteiger partial charge in [-0.1, -0.05) is 22.9 Å². The molecule has 0 aliphatic rings. The molecule has 0 bridgehead atoms. The molecule has 6 heteroatoms. The van der Waals surface area contributed by atoms with E-state index < -0.39 is 11.5 Å². The highest BCUT2D eigenvalue weighted by molar-refractivity contribution is 9.10. The number of amides is 1. The molecule has 0 aliphatic carbocycles. The van der Waals surface area contributed by atoms with Crippen LogP contribution < -0.4 is 5.32 Å². The highest BCUT2D eigenvalue weighted by Gasteiger charge is 2.35. The number of ether oxygens (including phenoxy) is 1. The summed E-state index contributed by atoms with van der Waals surface area (Å²) in [5, 5.41) is 11.8. The number of hydrogen-bond acceptors (Lipinski definition) is 4. The van der Waals surface area contributed by atoms with Crippen molar-refractivity contribution in [1.82, 2.24) is 5.32 Å². The van der Waals surface area contributed by atoms with Gasteiger partial charge >= 0.3 is 5.97 Å². The minimum atomic E-state index is -1.23. The molecule has 0 fully saturated rings. The Morgan fingerprint density at radius 1 is 1.39 bits per heavy atom. The fraction of sp³-hybridized carbons (Fsp3) is 0.529.